The van der Waals surface area contributed by atoms with Gasteiger partial charge in [0.25, 0.3) is 5.91 Å². The number of thioether (sulfide) groups is 1. The molecule has 0 bridgehead atoms. The highest BCUT2D eigenvalue weighted by Gasteiger charge is 2.09. The van der Waals surface area contributed by atoms with Crippen LogP contribution in [0.2, 0.25) is 5.02 Å². The Balaban J connectivity index is 1.60. The van der Waals surface area contributed by atoms with Gasteiger partial charge in [-0.2, -0.15) is 0 Å². The Bertz CT molecular complexity index is 910. The van der Waals surface area contributed by atoms with Crippen molar-refractivity contribution in [1.82, 2.24) is 4.98 Å². The molecule has 3 aromatic rings. The van der Waals surface area contributed by atoms with E-state index in [1.165, 1.54) is 0 Å². The van der Waals surface area contributed by atoms with Crippen LogP contribution >= 0.6 is 34.7 Å². The monoisotopic (exact) mass is 404 g/mol. The SMILES string of the molecule is COc1ccc(NC(=O)c2ccc(CSc3nc(C)cs3)cc2)cc1Cl. The molecule has 0 radical (unpaired) electrons. The van der Waals surface area contributed by atoms with Gasteiger partial charge in [-0.25, -0.2) is 4.98 Å². The normalized spacial score (nSPS) is 10.6. The van der Waals surface area contributed by atoms with E-state index in [1.54, 1.807) is 48.4 Å². The van der Waals surface area contributed by atoms with Gasteiger partial charge in [-0.15, -0.1) is 11.3 Å². The van der Waals surface area contributed by atoms with Crippen molar-refractivity contribution in [2.45, 2.75) is 17.0 Å². The molecule has 4 nitrogen and oxygen atoms in total. The molecule has 0 aliphatic rings. The number of rotatable bonds is 6. The first-order chi connectivity index (χ1) is 12.5. The van der Waals surface area contributed by atoms with Crippen LogP contribution in [0.1, 0.15) is 21.6 Å². The zero-order valence-corrected chi connectivity index (χ0v) is 16.7. The molecule has 1 amide bonds. The average Bonchev–Trinajstić information content (AvgIpc) is 3.06. The van der Waals surface area contributed by atoms with Crippen molar-refractivity contribution in [1.29, 1.82) is 0 Å². The molecule has 0 saturated heterocycles. The van der Waals surface area contributed by atoms with Crippen LogP contribution in [0.25, 0.3) is 0 Å². The van der Waals surface area contributed by atoms with E-state index in [9.17, 15) is 4.79 Å². The van der Waals surface area contributed by atoms with Crippen molar-refractivity contribution in [3.8, 4) is 5.75 Å². The Morgan fingerprint density at radius 1 is 1.27 bits per heavy atom. The molecule has 7 heteroatoms. The third-order valence-electron chi connectivity index (χ3n) is 3.59. The lowest BCUT2D eigenvalue weighted by Gasteiger charge is -2.08. The van der Waals surface area contributed by atoms with Gasteiger partial charge in [-0.1, -0.05) is 35.5 Å². The van der Waals surface area contributed by atoms with Crippen molar-refractivity contribution in [3.63, 3.8) is 0 Å². The summed E-state index contributed by atoms with van der Waals surface area (Å²) in [6, 6.07) is 12.7. The van der Waals surface area contributed by atoms with Gasteiger partial charge in [-0.05, 0) is 42.8 Å². The topological polar surface area (TPSA) is 51.2 Å². The summed E-state index contributed by atoms with van der Waals surface area (Å²) in [4.78, 5) is 16.8. The minimum atomic E-state index is -0.180. The maximum atomic E-state index is 12.4. The second kappa shape index (κ2) is 8.58. The van der Waals surface area contributed by atoms with E-state index < -0.39 is 0 Å². The number of nitrogens with zero attached hydrogens (tertiary/aromatic N) is 1. The quantitative estimate of drug-likeness (QED) is 0.538. The van der Waals surface area contributed by atoms with E-state index in [1.807, 2.05) is 36.6 Å². The Morgan fingerprint density at radius 3 is 2.65 bits per heavy atom. The number of anilines is 1. The van der Waals surface area contributed by atoms with Gasteiger partial charge in [0.05, 0.1) is 12.1 Å². The highest BCUT2D eigenvalue weighted by Crippen LogP contribution is 2.28. The molecule has 134 valence electrons. The largest absolute Gasteiger partial charge is 0.495 e. The summed E-state index contributed by atoms with van der Waals surface area (Å²) in [5.74, 6) is 1.21. The van der Waals surface area contributed by atoms with Gasteiger partial charge in [0.15, 0.2) is 0 Å². The summed E-state index contributed by atoms with van der Waals surface area (Å²) in [5.41, 5.74) is 3.41. The molecular formula is C19H17ClN2O2S2. The van der Waals surface area contributed by atoms with Gasteiger partial charge in [-0.3, -0.25) is 4.79 Å². The number of aromatic nitrogens is 1. The predicted molar refractivity (Wildman–Crippen MR) is 109 cm³/mol. The zero-order chi connectivity index (χ0) is 18.5. The standard InChI is InChI=1S/C19H17ClN2O2S2/c1-12-10-25-19(21-12)26-11-13-3-5-14(6-4-13)18(23)22-15-7-8-17(24-2)16(20)9-15/h3-10H,11H2,1-2H3,(H,22,23). The van der Waals surface area contributed by atoms with Crippen LogP contribution < -0.4 is 10.1 Å². The molecule has 0 spiro atoms. The number of amides is 1. The minimum absolute atomic E-state index is 0.180. The number of carbonyl (C=O) groups is 1. The summed E-state index contributed by atoms with van der Waals surface area (Å²) < 4.78 is 6.16. The average molecular weight is 405 g/mol. The Labute approximate surface area is 165 Å². The Kier molecular flexibility index (Phi) is 6.19. The fourth-order valence-corrected chi connectivity index (χ4v) is 4.31. The van der Waals surface area contributed by atoms with E-state index in [-0.39, 0.29) is 5.91 Å². The number of nitrogens with one attached hydrogen (secondary N) is 1. The number of halogens is 1. The molecule has 0 saturated carbocycles. The summed E-state index contributed by atoms with van der Waals surface area (Å²) >= 11 is 9.43. The second-order valence-electron chi connectivity index (χ2n) is 5.54. The Hall–Kier alpha value is -2.02. The molecule has 1 heterocycles. The van der Waals surface area contributed by atoms with Crippen LogP contribution in [0.5, 0.6) is 5.75 Å². The van der Waals surface area contributed by atoms with Gasteiger partial charge >= 0.3 is 0 Å². The maximum Gasteiger partial charge on any atom is 0.255 e. The summed E-state index contributed by atoms with van der Waals surface area (Å²) in [5, 5.41) is 5.33. The first kappa shape index (κ1) is 18.8. The highest BCUT2D eigenvalue weighted by molar-refractivity contribution is 8.00. The van der Waals surface area contributed by atoms with Crippen molar-refractivity contribution in [2.75, 3.05) is 12.4 Å². The van der Waals surface area contributed by atoms with Crippen molar-refractivity contribution >= 4 is 46.3 Å². The molecule has 0 atom stereocenters. The lowest BCUT2D eigenvalue weighted by atomic mass is 10.1. The predicted octanol–water partition coefficient (Wildman–Crippen LogP) is 5.66. The van der Waals surface area contributed by atoms with E-state index in [0.29, 0.717) is 22.0 Å². The number of aryl methyl sites for hydroxylation is 1. The van der Waals surface area contributed by atoms with Crippen LogP contribution in [0.4, 0.5) is 5.69 Å². The number of methoxy groups -OCH3 is 1. The molecule has 26 heavy (non-hydrogen) atoms. The zero-order valence-electron chi connectivity index (χ0n) is 14.3. The number of carbonyl (C=O) groups excluding carboxylic acids is 1. The molecule has 3 rings (SSSR count). The lowest BCUT2D eigenvalue weighted by molar-refractivity contribution is 0.102. The summed E-state index contributed by atoms with van der Waals surface area (Å²) in [6.07, 6.45) is 0. The summed E-state index contributed by atoms with van der Waals surface area (Å²) in [6.45, 7) is 1.99. The van der Waals surface area contributed by atoms with Crippen LogP contribution in [-0.2, 0) is 5.75 Å². The molecular weight excluding hydrogens is 388 g/mol. The molecule has 0 aliphatic carbocycles. The third kappa shape index (κ3) is 4.78. The van der Waals surface area contributed by atoms with Gasteiger partial charge in [0.2, 0.25) is 0 Å². The summed E-state index contributed by atoms with van der Waals surface area (Å²) in [7, 11) is 1.55. The van der Waals surface area contributed by atoms with Crippen molar-refractivity contribution in [2.24, 2.45) is 0 Å². The number of benzene rings is 2. The van der Waals surface area contributed by atoms with E-state index >= 15 is 0 Å². The molecule has 2 aromatic carbocycles. The number of ether oxygens (including phenoxy) is 1. The first-order valence-corrected chi connectivity index (χ1v) is 10.1. The smallest absolute Gasteiger partial charge is 0.255 e. The van der Waals surface area contributed by atoms with Crippen molar-refractivity contribution in [3.05, 3.63) is 69.7 Å². The van der Waals surface area contributed by atoms with Crippen LogP contribution in [-0.4, -0.2) is 18.0 Å². The number of thiazole rings is 1. The van der Waals surface area contributed by atoms with Crippen LogP contribution in [0.15, 0.2) is 52.2 Å². The minimum Gasteiger partial charge on any atom is -0.495 e. The first-order valence-electron chi connectivity index (χ1n) is 7.84. The van der Waals surface area contributed by atoms with Crippen LogP contribution in [0.3, 0.4) is 0 Å². The molecule has 0 unspecified atom stereocenters. The molecule has 0 aliphatic heterocycles. The van der Waals surface area contributed by atoms with E-state index in [2.05, 4.69) is 10.3 Å². The number of hydrogen-bond acceptors (Lipinski definition) is 5. The molecule has 1 N–H and O–H groups in total. The third-order valence-corrected chi connectivity index (χ3v) is 6.09. The van der Waals surface area contributed by atoms with E-state index in [0.717, 1.165) is 21.3 Å². The maximum absolute atomic E-state index is 12.4. The molecule has 1 aromatic heterocycles. The fourth-order valence-electron chi connectivity index (χ4n) is 2.24. The lowest BCUT2D eigenvalue weighted by Crippen LogP contribution is -2.11. The van der Waals surface area contributed by atoms with Gasteiger partial charge in [0.1, 0.15) is 10.1 Å². The van der Waals surface area contributed by atoms with Crippen LogP contribution in [0, 0.1) is 6.92 Å². The molecule has 0 fully saturated rings. The van der Waals surface area contributed by atoms with Crippen molar-refractivity contribution < 1.29 is 9.53 Å². The Morgan fingerprint density at radius 2 is 2.04 bits per heavy atom. The highest BCUT2D eigenvalue weighted by atomic mass is 35.5. The van der Waals surface area contributed by atoms with E-state index in [4.69, 9.17) is 16.3 Å². The number of hydrogen-bond donors (Lipinski definition) is 1. The fraction of sp³-hybridized carbons (Fsp3) is 0.158. The van der Waals surface area contributed by atoms with Gasteiger partial charge < -0.3 is 10.1 Å². The van der Waals surface area contributed by atoms with Gasteiger partial charge in [0, 0.05) is 28.1 Å². The second-order valence-corrected chi connectivity index (χ2v) is 8.03.